The molecule has 0 aliphatic carbocycles. The molecule has 1 atom stereocenters. The molecule has 0 saturated heterocycles. The van der Waals surface area contributed by atoms with E-state index >= 15 is 0 Å². The smallest absolute Gasteiger partial charge is 0.00794 e. The topological polar surface area (TPSA) is 52.0 Å². The number of unbranched alkanes of at least 4 members (excludes halogenated alkanes) is 4. The Balaban J connectivity index is 2.14. The van der Waals surface area contributed by atoms with Gasteiger partial charge < -0.3 is 11.5 Å². The minimum absolute atomic E-state index is 0.306. The van der Waals surface area contributed by atoms with Crippen molar-refractivity contribution in [1.82, 2.24) is 0 Å². The summed E-state index contributed by atoms with van der Waals surface area (Å²) in [6.45, 7) is 2.99. The zero-order valence-corrected chi connectivity index (χ0v) is 11.7. The third kappa shape index (κ3) is 6.18. The molecule has 2 nitrogen and oxygen atoms in total. The summed E-state index contributed by atoms with van der Waals surface area (Å²) < 4.78 is 0. The maximum Gasteiger partial charge on any atom is 0.00794 e. The van der Waals surface area contributed by atoms with Crippen LogP contribution in [0.3, 0.4) is 0 Å². The van der Waals surface area contributed by atoms with E-state index in [1.54, 1.807) is 0 Å². The van der Waals surface area contributed by atoms with Gasteiger partial charge in [0.25, 0.3) is 0 Å². The molecule has 0 amide bonds. The fraction of sp³-hybridized carbons (Fsp3) is 0.625. The SMILES string of the molecule is Cc1ccccc1C[C@@H](N)CCCCCCCN. The van der Waals surface area contributed by atoms with E-state index in [1.165, 1.54) is 36.8 Å². The molecule has 0 fully saturated rings. The lowest BCUT2D eigenvalue weighted by molar-refractivity contribution is 0.534. The molecule has 0 saturated carbocycles. The predicted molar refractivity (Wildman–Crippen MR) is 79.6 cm³/mol. The molecule has 0 unspecified atom stereocenters. The first-order valence-electron chi connectivity index (χ1n) is 7.24. The van der Waals surface area contributed by atoms with Crippen molar-refractivity contribution < 1.29 is 0 Å². The molecule has 0 radical (unpaired) electrons. The normalized spacial score (nSPS) is 12.6. The first-order chi connectivity index (χ1) is 8.74. The van der Waals surface area contributed by atoms with Crippen LogP contribution in [0.25, 0.3) is 0 Å². The number of hydrogen-bond acceptors (Lipinski definition) is 2. The Hall–Kier alpha value is -0.860. The monoisotopic (exact) mass is 248 g/mol. The highest BCUT2D eigenvalue weighted by molar-refractivity contribution is 5.26. The van der Waals surface area contributed by atoms with E-state index in [-0.39, 0.29) is 0 Å². The molecule has 102 valence electrons. The third-order valence-corrected chi connectivity index (χ3v) is 3.52. The van der Waals surface area contributed by atoms with Gasteiger partial charge in [0.05, 0.1) is 0 Å². The van der Waals surface area contributed by atoms with E-state index in [1.807, 2.05) is 0 Å². The average molecular weight is 248 g/mol. The zero-order chi connectivity index (χ0) is 13.2. The Morgan fingerprint density at radius 2 is 1.67 bits per heavy atom. The molecule has 4 N–H and O–H groups in total. The summed E-state index contributed by atoms with van der Waals surface area (Å²) in [4.78, 5) is 0. The standard InChI is InChI=1S/C16H28N2/c1-14-9-6-7-10-15(14)13-16(18)11-5-3-2-4-8-12-17/h6-7,9-10,16H,2-5,8,11-13,17-18H2,1H3/t16-/m0/s1. The van der Waals surface area contributed by atoms with Gasteiger partial charge in [-0.2, -0.15) is 0 Å². The number of benzene rings is 1. The Morgan fingerprint density at radius 3 is 2.39 bits per heavy atom. The van der Waals surface area contributed by atoms with Gasteiger partial charge in [-0.3, -0.25) is 0 Å². The molecule has 2 heteroatoms. The Bertz CT molecular complexity index is 323. The molecule has 0 aliphatic rings. The largest absolute Gasteiger partial charge is 0.330 e. The molecular weight excluding hydrogens is 220 g/mol. The number of aryl methyl sites for hydroxylation is 1. The van der Waals surface area contributed by atoms with Gasteiger partial charge in [-0.15, -0.1) is 0 Å². The molecular formula is C16H28N2. The lowest BCUT2D eigenvalue weighted by Gasteiger charge is -2.13. The van der Waals surface area contributed by atoms with Crippen molar-refractivity contribution in [1.29, 1.82) is 0 Å². The van der Waals surface area contributed by atoms with Crippen LogP contribution >= 0.6 is 0 Å². The number of hydrogen-bond donors (Lipinski definition) is 2. The molecule has 0 aromatic heterocycles. The van der Waals surface area contributed by atoms with Crippen LogP contribution in [-0.4, -0.2) is 12.6 Å². The molecule has 1 rings (SSSR count). The van der Waals surface area contributed by atoms with Crippen molar-refractivity contribution in [3.8, 4) is 0 Å². The summed E-state index contributed by atoms with van der Waals surface area (Å²) >= 11 is 0. The minimum atomic E-state index is 0.306. The van der Waals surface area contributed by atoms with Crippen molar-refractivity contribution >= 4 is 0 Å². The van der Waals surface area contributed by atoms with Crippen molar-refractivity contribution in [2.75, 3.05) is 6.54 Å². The summed E-state index contributed by atoms with van der Waals surface area (Å²) in [7, 11) is 0. The number of rotatable bonds is 9. The molecule has 0 bridgehead atoms. The zero-order valence-electron chi connectivity index (χ0n) is 11.7. The van der Waals surface area contributed by atoms with Crippen LogP contribution < -0.4 is 11.5 Å². The number of nitrogens with two attached hydrogens (primary N) is 2. The van der Waals surface area contributed by atoms with E-state index in [9.17, 15) is 0 Å². The lowest BCUT2D eigenvalue weighted by atomic mass is 9.98. The Labute approximate surface area is 112 Å². The molecule has 0 heterocycles. The van der Waals surface area contributed by atoms with Crippen molar-refractivity contribution in [3.05, 3.63) is 35.4 Å². The van der Waals surface area contributed by atoms with Gasteiger partial charge in [-0.1, -0.05) is 49.9 Å². The van der Waals surface area contributed by atoms with E-state index in [0.29, 0.717) is 6.04 Å². The maximum atomic E-state index is 6.20. The summed E-state index contributed by atoms with van der Waals surface area (Å²) in [6.07, 6.45) is 8.42. The highest BCUT2D eigenvalue weighted by Gasteiger charge is 2.05. The van der Waals surface area contributed by atoms with E-state index in [0.717, 1.165) is 25.8 Å². The summed E-state index contributed by atoms with van der Waals surface area (Å²) in [6, 6.07) is 8.84. The van der Waals surface area contributed by atoms with Gasteiger partial charge in [0.1, 0.15) is 0 Å². The lowest BCUT2D eigenvalue weighted by Crippen LogP contribution is -2.23. The van der Waals surface area contributed by atoms with E-state index < -0.39 is 0 Å². The molecule has 0 spiro atoms. The van der Waals surface area contributed by atoms with Crippen LogP contribution in [0.1, 0.15) is 49.7 Å². The van der Waals surface area contributed by atoms with Crippen molar-refractivity contribution in [2.45, 2.75) is 57.9 Å². The molecule has 1 aromatic rings. The highest BCUT2D eigenvalue weighted by atomic mass is 14.6. The van der Waals surface area contributed by atoms with Gasteiger partial charge >= 0.3 is 0 Å². The second-order valence-corrected chi connectivity index (χ2v) is 5.24. The molecule has 18 heavy (non-hydrogen) atoms. The van der Waals surface area contributed by atoms with Crippen LogP contribution in [-0.2, 0) is 6.42 Å². The molecule has 0 aliphatic heterocycles. The summed E-state index contributed by atoms with van der Waals surface area (Å²) in [5, 5.41) is 0. The maximum absolute atomic E-state index is 6.20. The predicted octanol–water partition coefficient (Wildman–Crippen LogP) is 3.16. The van der Waals surface area contributed by atoms with Gasteiger partial charge in [0, 0.05) is 6.04 Å². The van der Waals surface area contributed by atoms with Crippen molar-refractivity contribution in [3.63, 3.8) is 0 Å². The van der Waals surface area contributed by atoms with Gasteiger partial charge in [-0.05, 0) is 43.9 Å². The van der Waals surface area contributed by atoms with Crippen LogP contribution in [0.5, 0.6) is 0 Å². The van der Waals surface area contributed by atoms with Crippen LogP contribution in [0.2, 0.25) is 0 Å². The van der Waals surface area contributed by atoms with Crippen LogP contribution in [0.4, 0.5) is 0 Å². The van der Waals surface area contributed by atoms with Gasteiger partial charge in [0.15, 0.2) is 0 Å². The van der Waals surface area contributed by atoms with E-state index in [2.05, 4.69) is 31.2 Å². The van der Waals surface area contributed by atoms with Gasteiger partial charge in [0.2, 0.25) is 0 Å². The first-order valence-corrected chi connectivity index (χ1v) is 7.24. The van der Waals surface area contributed by atoms with Crippen molar-refractivity contribution in [2.24, 2.45) is 11.5 Å². The first kappa shape index (κ1) is 15.2. The average Bonchev–Trinajstić information content (AvgIpc) is 2.36. The van der Waals surface area contributed by atoms with Gasteiger partial charge in [-0.25, -0.2) is 0 Å². The van der Waals surface area contributed by atoms with Crippen LogP contribution in [0.15, 0.2) is 24.3 Å². The second kappa shape index (κ2) is 9.12. The quantitative estimate of drug-likeness (QED) is 0.660. The summed E-state index contributed by atoms with van der Waals surface area (Å²) in [5.74, 6) is 0. The fourth-order valence-corrected chi connectivity index (χ4v) is 2.30. The summed E-state index contributed by atoms with van der Waals surface area (Å²) in [5.41, 5.74) is 14.4. The molecule has 1 aromatic carbocycles. The minimum Gasteiger partial charge on any atom is -0.330 e. The second-order valence-electron chi connectivity index (χ2n) is 5.24. The Kier molecular flexibility index (Phi) is 7.70. The van der Waals surface area contributed by atoms with E-state index in [4.69, 9.17) is 11.5 Å². The highest BCUT2D eigenvalue weighted by Crippen LogP contribution is 2.13. The Morgan fingerprint density at radius 1 is 1.00 bits per heavy atom. The van der Waals surface area contributed by atoms with Crippen LogP contribution in [0, 0.1) is 6.92 Å². The third-order valence-electron chi connectivity index (χ3n) is 3.52. The fourth-order valence-electron chi connectivity index (χ4n) is 2.30.